The van der Waals surface area contributed by atoms with Gasteiger partial charge in [-0.2, -0.15) is 0 Å². The summed E-state index contributed by atoms with van der Waals surface area (Å²) in [7, 11) is 0. The number of ketones is 2. The van der Waals surface area contributed by atoms with Crippen LogP contribution < -0.4 is 0 Å². The van der Waals surface area contributed by atoms with Gasteiger partial charge in [0.1, 0.15) is 0 Å². The van der Waals surface area contributed by atoms with Gasteiger partial charge >= 0.3 is 0 Å². The minimum atomic E-state index is -0.129. The fraction of sp³-hybridized carbons (Fsp3) is 0.222. The van der Waals surface area contributed by atoms with Crippen molar-refractivity contribution < 1.29 is 9.59 Å². The third-order valence-corrected chi connectivity index (χ3v) is 3.39. The molecule has 2 heteroatoms. The lowest BCUT2D eigenvalue weighted by Gasteiger charge is -2.06. The molecule has 0 spiro atoms. The normalized spacial score (nSPS) is 10.3. The predicted molar refractivity (Wildman–Crippen MR) is 80.4 cm³/mol. The molecule has 0 amide bonds. The smallest absolute Gasteiger partial charge is 0.170 e. The van der Waals surface area contributed by atoms with E-state index in [0.29, 0.717) is 11.1 Å². The van der Waals surface area contributed by atoms with E-state index in [1.807, 2.05) is 51.1 Å². The van der Waals surface area contributed by atoms with E-state index in [1.165, 1.54) is 0 Å². The number of carbonyl (C=O) groups is 2. The fourth-order valence-electron chi connectivity index (χ4n) is 2.12. The molecular formula is C18H18O2. The van der Waals surface area contributed by atoms with E-state index < -0.39 is 0 Å². The third kappa shape index (κ3) is 3.21. The molecule has 2 aromatic carbocycles. The molecule has 0 unspecified atom stereocenters. The summed E-state index contributed by atoms with van der Waals surface area (Å²) < 4.78 is 0. The van der Waals surface area contributed by atoms with Crippen molar-refractivity contribution in [2.75, 3.05) is 0 Å². The van der Waals surface area contributed by atoms with Gasteiger partial charge in [-0.15, -0.1) is 0 Å². The molecule has 0 bridgehead atoms. The highest BCUT2D eigenvalue weighted by atomic mass is 16.1. The second kappa shape index (κ2) is 5.83. The summed E-state index contributed by atoms with van der Waals surface area (Å²) in [5, 5.41) is 0. The zero-order valence-corrected chi connectivity index (χ0v) is 12.1. The van der Waals surface area contributed by atoms with Gasteiger partial charge in [0.15, 0.2) is 11.6 Å². The molecule has 0 saturated heterocycles. The van der Waals surface area contributed by atoms with Crippen molar-refractivity contribution in [3.8, 4) is 0 Å². The molecule has 0 aliphatic heterocycles. The first-order valence-electron chi connectivity index (χ1n) is 6.67. The Bertz CT molecular complexity index is 652. The number of carbonyl (C=O) groups excluding carboxylic acids is 2. The summed E-state index contributed by atoms with van der Waals surface area (Å²) in [4.78, 5) is 24.4. The van der Waals surface area contributed by atoms with Crippen LogP contribution in [0.5, 0.6) is 0 Å². The van der Waals surface area contributed by atoms with Gasteiger partial charge in [-0.25, -0.2) is 0 Å². The summed E-state index contributed by atoms with van der Waals surface area (Å²) in [5.74, 6) is -0.243. The molecule has 2 nitrogen and oxygen atoms in total. The predicted octanol–water partition coefficient (Wildman–Crippen LogP) is 4.07. The van der Waals surface area contributed by atoms with Crippen LogP contribution in [-0.4, -0.2) is 11.6 Å². The van der Waals surface area contributed by atoms with Crippen molar-refractivity contribution in [1.82, 2.24) is 0 Å². The third-order valence-electron chi connectivity index (χ3n) is 3.39. The zero-order valence-electron chi connectivity index (χ0n) is 12.1. The Kier molecular flexibility index (Phi) is 4.14. The Balaban J connectivity index is 2.17. The summed E-state index contributed by atoms with van der Waals surface area (Å²) in [6.45, 7) is 5.80. The maximum absolute atomic E-state index is 12.2. The summed E-state index contributed by atoms with van der Waals surface area (Å²) in [5.41, 5.74) is 4.28. The van der Waals surface area contributed by atoms with Gasteiger partial charge in [-0.05, 0) is 32.4 Å². The second-order valence-electron chi connectivity index (χ2n) is 5.21. The highest BCUT2D eigenvalue weighted by Crippen LogP contribution is 2.15. The van der Waals surface area contributed by atoms with E-state index in [0.717, 1.165) is 16.7 Å². The van der Waals surface area contributed by atoms with Crippen molar-refractivity contribution in [3.63, 3.8) is 0 Å². The number of benzene rings is 2. The van der Waals surface area contributed by atoms with Gasteiger partial charge in [0, 0.05) is 11.1 Å². The van der Waals surface area contributed by atoms with E-state index in [4.69, 9.17) is 0 Å². The van der Waals surface area contributed by atoms with Crippen LogP contribution >= 0.6 is 0 Å². The second-order valence-corrected chi connectivity index (χ2v) is 5.21. The first kappa shape index (κ1) is 14.2. The molecule has 0 radical (unpaired) electrons. The highest BCUT2D eigenvalue weighted by molar-refractivity contribution is 6.14. The first-order chi connectivity index (χ1) is 9.47. The average Bonchev–Trinajstić information content (AvgIpc) is 2.42. The minimum Gasteiger partial charge on any atom is -0.294 e. The molecule has 0 fully saturated rings. The molecule has 20 heavy (non-hydrogen) atoms. The fourth-order valence-corrected chi connectivity index (χ4v) is 2.12. The van der Waals surface area contributed by atoms with Gasteiger partial charge in [-0.1, -0.05) is 47.5 Å². The number of hydrogen-bond donors (Lipinski definition) is 0. The Morgan fingerprint density at radius 2 is 1.40 bits per heavy atom. The lowest BCUT2D eigenvalue weighted by Crippen LogP contribution is -2.10. The van der Waals surface area contributed by atoms with Crippen molar-refractivity contribution in [2.24, 2.45) is 0 Å². The van der Waals surface area contributed by atoms with Gasteiger partial charge in [0.2, 0.25) is 0 Å². The molecule has 0 saturated carbocycles. The van der Waals surface area contributed by atoms with E-state index in [9.17, 15) is 9.59 Å². The Morgan fingerprint density at radius 1 is 0.800 bits per heavy atom. The Hall–Kier alpha value is -2.22. The van der Waals surface area contributed by atoms with E-state index in [2.05, 4.69) is 0 Å². The molecule has 2 aromatic rings. The zero-order chi connectivity index (χ0) is 14.7. The quantitative estimate of drug-likeness (QED) is 0.617. The monoisotopic (exact) mass is 266 g/mol. The molecule has 0 heterocycles. The maximum atomic E-state index is 12.2. The SMILES string of the molecule is Cc1ccc(C(=O)CC(=O)c2cc(C)ccc2C)cc1. The van der Waals surface area contributed by atoms with Crippen molar-refractivity contribution in [1.29, 1.82) is 0 Å². The van der Waals surface area contributed by atoms with E-state index >= 15 is 0 Å². The van der Waals surface area contributed by atoms with Crippen LogP contribution in [0.2, 0.25) is 0 Å². The maximum Gasteiger partial charge on any atom is 0.170 e. The van der Waals surface area contributed by atoms with Gasteiger partial charge in [-0.3, -0.25) is 9.59 Å². The van der Waals surface area contributed by atoms with Crippen molar-refractivity contribution >= 4 is 11.6 Å². The van der Waals surface area contributed by atoms with Crippen LogP contribution in [0.4, 0.5) is 0 Å². The van der Waals surface area contributed by atoms with Crippen LogP contribution in [0.3, 0.4) is 0 Å². The Morgan fingerprint density at radius 3 is 2.05 bits per heavy atom. The average molecular weight is 266 g/mol. The Labute approximate surface area is 119 Å². The van der Waals surface area contributed by atoms with Gasteiger partial charge < -0.3 is 0 Å². The van der Waals surface area contributed by atoms with Crippen LogP contribution in [0, 0.1) is 20.8 Å². The summed E-state index contributed by atoms with van der Waals surface area (Å²) >= 11 is 0. The minimum absolute atomic E-state index is 0.0760. The van der Waals surface area contributed by atoms with Crippen LogP contribution in [0.25, 0.3) is 0 Å². The molecule has 0 aliphatic rings. The number of Topliss-reactive ketones (excluding diaryl/α,β-unsaturated/α-hetero) is 2. The highest BCUT2D eigenvalue weighted by Gasteiger charge is 2.15. The first-order valence-corrected chi connectivity index (χ1v) is 6.67. The standard InChI is InChI=1S/C18H18O2/c1-12-5-8-15(9-6-12)17(19)11-18(20)16-10-13(2)4-7-14(16)3/h4-10H,11H2,1-3H3. The van der Waals surface area contributed by atoms with Gasteiger partial charge in [0.25, 0.3) is 0 Å². The summed E-state index contributed by atoms with van der Waals surface area (Å²) in [6, 6.07) is 13.0. The van der Waals surface area contributed by atoms with Crippen molar-refractivity contribution in [3.05, 3.63) is 70.3 Å². The molecule has 0 aromatic heterocycles. The molecule has 0 N–H and O–H groups in total. The molecular weight excluding hydrogens is 248 g/mol. The molecule has 0 atom stereocenters. The van der Waals surface area contributed by atoms with Crippen LogP contribution in [0.1, 0.15) is 43.8 Å². The van der Waals surface area contributed by atoms with Crippen molar-refractivity contribution in [2.45, 2.75) is 27.2 Å². The van der Waals surface area contributed by atoms with Crippen LogP contribution in [-0.2, 0) is 0 Å². The molecule has 2 rings (SSSR count). The number of aryl methyl sites for hydroxylation is 3. The van der Waals surface area contributed by atoms with E-state index in [-0.39, 0.29) is 18.0 Å². The lowest BCUT2D eigenvalue weighted by atomic mass is 9.97. The number of rotatable bonds is 4. The topological polar surface area (TPSA) is 34.1 Å². The molecule has 0 aliphatic carbocycles. The lowest BCUT2D eigenvalue weighted by molar-refractivity contribution is 0.0894. The van der Waals surface area contributed by atoms with Gasteiger partial charge in [0.05, 0.1) is 6.42 Å². The number of hydrogen-bond acceptors (Lipinski definition) is 2. The van der Waals surface area contributed by atoms with Crippen LogP contribution in [0.15, 0.2) is 42.5 Å². The largest absolute Gasteiger partial charge is 0.294 e. The molecule has 102 valence electrons. The van der Waals surface area contributed by atoms with E-state index in [1.54, 1.807) is 12.1 Å². The summed E-state index contributed by atoms with van der Waals surface area (Å²) in [6.07, 6.45) is -0.0760.